The first-order chi connectivity index (χ1) is 15.5. The van der Waals surface area contributed by atoms with Crippen LogP contribution < -0.4 is 10.6 Å². The number of urea groups is 1. The summed E-state index contributed by atoms with van der Waals surface area (Å²) in [6.45, 7) is 1.39. The number of nitrogens with one attached hydrogen (secondary N) is 2. The Labute approximate surface area is 186 Å². The molecule has 162 valence electrons. The maximum atomic E-state index is 13.3. The van der Waals surface area contributed by atoms with Crippen molar-refractivity contribution in [1.82, 2.24) is 15.5 Å². The van der Waals surface area contributed by atoms with E-state index in [1.165, 1.54) is 5.56 Å². The third kappa shape index (κ3) is 3.42. The molecular weight excluding hydrogens is 402 g/mol. The van der Waals surface area contributed by atoms with Gasteiger partial charge >= 0.3 is 6.03 Å². The van der Waals surface area contributed by atoms with Crippen LogP contribution in [0.4, 0.5) is 4.79 Å². The first-order valence-corrected chi connectivity index (χ1v) is 11.0. The van der Waals surface area contributed by atoms with Crippen molar-refractivity contribution in [1.29, 1.82) is 0 Å². The van der Waals surface area contributed by atoms with E-state index in [1.807, 2.05) is 60.7 Å². The van der Waals surface area contributed by atoms with Crippen molar-refractivity contribution in [2.24, 2.45) is 0 Å². The smallest absolute Gasteiger partial charge is 0.325 e. The standard InChI is InChI=1S/C26H25N3O3/c1-26(20-14-13-17-7-2-3-9-19(17)15-20)24(31)29(25(32)28-26)16-23(30)27-22-12-6-10-18-8-4-5-11-21(18)22/h2-5,7-9,11,13-15,22H,6,10,12,16H2,1H3,(H,27,30)(H,28,32)/t22-,26+/m1/s1. The molecule has 1 fully saturated rings. The van der Waals surface area contributed by atoms with E-state index in [4.69, 9.17) is 0 Å². The second kappa shape index (κ2) is 7.79. The lowest BCUT2D eigenvalue weighted by Crippen LogP contribution is -2.44. The minimum Gasteiger partial charge on any atom is -0.348 e. The lowest BCUT2D eigenvalue weighted by Gasteiger charge is -2.27. The van der Waals surface area contributed by atoms with E-state index in [-0.39, 0.29) is 18.5 Å². The Morgan fingerprint density at radius 3 is 2.66 bits per heavy atom. The third-order valence-electron chi connectivity index (χ3n) is 6.61. The first kappa shape index (κ1) is 20.2. The SMILES string of the molecule is C[C@@]1(c2ccc3ccccc3c2)NC(=O)N(CC(=O)N[C@@H]2CCCc3ccccc32)C1=O. The first-order valence-electron chi connectivity index (χ1n) is 11.0. The van der Waals surface area contributed by atoms with Gasteiger partial charge in [-0.05, 0) is 59.7 Å². The lowest BCUT2D eigenvalue weighted by molar-refractivity contribution is -0.135. The summed E-state index contributed by atoms with van der Waals surface area (Å²) in [5.74, 6) is -0.755. The van der Waals surface area contributed by atoms with E-state index in [1.54, 1.807) is 6.92 Å². The van der Waals surface area contributed by atoms with Crippen LogP contribution in [0.3, 0.4) is 0 Å². The Morgan fingerprint density at radius 2 is 1.81 bits per heavy atom. The summed E-state index contributed by atoms with van der Waals surface area (Å²) >= 11 is 0. The van der Waals surface area contributed by atoms with Crippen molar-refractivity contribution in [3.63, 3.8) is 0 Å². The van der Waals surface area contributed by atoms with Crippen molar-refractivity contribution >= 4 is 28.6 Å². The minimum atomic E-state index is -1.21. The van der Waals surface area contributed by atoms with E-state index >= 15 is 0 Å². The Balaban J connectivity index is 1.33. The zero-order chi connectivity index (χ0) is 22.3. The molecule has 1 saturated heterocycles. The molecule has 0 saturated carbocycles. The predicted octanol–water partition coefficient (Wildman–Crippen LogP) is 3.80. The molecule has 6 heteroatoms. The molecule has 4 amide bonds. The van der Waals surface area contributed by atoms with E-state index in [2.05, 4.69) is 16.7 Å². The van der Waals surface area contributed by atoms with Gasteiger partial charge in [0.2, 0.25) is 5.91 Å². The molecule has 0 unspecified atom stereocenters. The summed E-state index contributed by atoms with van der Waals surface area (Å²) in [5.41, 5.74) is 1.84. The molecule has 0 spiro atoms. The molecule has 5 rings (SSSR count). The second-order valence-electron chi connectivity index (χ2n) is 8.72. The summed E-state index contributed by atoms with van der Waals surface area (Å²) < 4.78 is 0. The second-order valence-corrected chi connectivity index (χ2v) is 8.72. The summed E-state index contributed by atoms with van der Waals surface area (Å²) in [5, 5.41) is 7.86. The highest BCUT2D eigenvalue weighted by molar-refractivity contribution is 6.09. The number of hydrogen-bond acceptors (Lipinski definition) is 3. The highest BCUT2D eigenvalue weighted by Gasteiger charge is 2.49. The van der Waals surface area contributed by atoms with E-state index in [0.717, 1.165) is 40.5 Å². The maximum Gasteiger partial charge on any atom is 0.325 e. The van der Waals surface area contributed by atoms with Gasteiger partial charge in [0, 0.05) is 0 Å². The van der Waals surface area contributed by atoms with Crippen LogP contribution in [0.15, 0.2) is 66.7 Å². The largest absolute Gasteiger partial charge is 0.348 e. The number of carbonyl (C=O) groups is 3. The molecule has 1 aliphatic carbocycles. The van der Waals surface area contributed by atoms with Crippen LogP contribution in [-0.2, 0) is 21.5 Å². The highest BCUT2D eigenvalue weighted by Crippen LogP contribution is 2.32. The lowest BCUT2D eigenvalue weighted by atomic mass is 9.88. The van der Waals surface area contributed by atoms with Gasteiger partial charge in [-0.2, -0.15) is 0 Å². The number of benzene rings is 3. The van der Waals surface area contributed by atoms with E-state index < -0.39 is 17.5 Å². The fourth-order valence-electron chi connectivity index (χ4n) is 4.82. The van der Waals surface area contributed by atoms with Crippen molar-refractivity contribution in [2.75, 3.05) is 6.54 Å². The van der Waals surface area contributed by atoms with Gasteiger partial charge in [0.05, 0.1) is 6.04 Å². The van der Waals surface area contributed by atoms with Crippen molar-refractivity contribution in [3.05, 3.63) is 83.4 Å². The zero-order valence-corrected chi connectivity index (χ0v) is 17.9. The predicted molar refractivity (Wildman–Crippen MR) is 122 cm³/mol. The Hall–Kier alpha value is -3.67. The normalized spacial score (nSPS) is 22.5. The molecule has 1 aliphatic heterocycles. The number of hydrogen-bond donors (Lipinski definition) is 2. The van der Waals surface area contributed by atoms with Gasteiger partial charge in [-0.25, -0.2) is 4.79 Å². The summed E-state index contributed by atoms with van der Waals surface area (Å²) in [4.78, 5) is 39.8. The van der Waals surface area contributed by atoms with Gasteiger partial charge in [0.1, 0.15) is 12.1 Å². The molecule has 2 atom stereocenters. The summed E-state index contributed by atoms with van der Waals surface area (Å²) in [7, 11) is 0. The highest BCUT2D eigenvalue weighted by atomic mass is 16.2. The molecule has 6 nitrogen and oxygen atoms in total. The Kier molecular flexibility index (Phi) is 4.93. The van der Waals surface area contributed by atoms with Crippen LogP contribution in [0.5, 0.6) is 0 Å². The van der Waals surface area contributed by atoms with Crippen LogP contribution in [0.25, 0.3) is 10.8 Å². The Bertz CT molecular complexity index is 1240. The molecule has 2 N–H and O–H groups in total. The Morgan fingerprint density at radius 1 is 1.06 bits per heavy atom. The molecule has 1 heterocycles. The molecule has 2 aliphatic rings. The van der Waals surface area contributed by atoms with Gasteiger partial charge in [-0.3, -0.25) is 14.5 Å². The average molecular weight is 428 g/mol. The quantitative estimate of drug-likeness (QED) is 0.622. The van der Waals surface area contributed by atoms with Gasteiger partial charge in [-0.1, -0.05) is 60.7 Å². The molecule has 3 aromatic carbocycles. The molecule has 0 radical (unpaired) electrons. The zero-order valence-electron chi connectivity index (χ0n) is 17.9. The van der Waals surface area contributed by atoms with Crippen molar-refractivity contribution in [2.45, 2.75) is 37.8 Å². The van der Waals surface area contributed by atoms with Crippen LogP contribution in [-0.4, -0.2) is 29.3 Å². The molecule has 3 aromatic rings. The molecule has 0 bridgehead atoms. The number of rotatable bonds is 4. The van der Waals surface area contributed by atoms with Crippen LogP contribution in [0.2, 0.25) is 0 Å². The average Bonchev–Trinajstić information content (AvgIpc) is 3.03. The van der Waals surface area contributed by atoms with Crippen LogP contribution in [0.1, 0.15) is 42.5 Å². The number of carbonyl (C=O) groups excluding carboxylic acids is 3. The number of aryl methyl sites for hydroxylation is 1. The summed E-state index contributed by atoms with van der Waals surface area (Å²) in [6.07, 6.45) is 2.84. The fourth-order valence-corrected chi connectivity index (χ4v) is 4.82. The van der Waals surface area contributed by atoms with Gasteiger partial charge in [-0.15, -0.1) is 0 Å². The van der Waals surface area contributed by atoms with Gasteiger partial charge in [0.15, 0.2) is 0 Å². The number of fused-ring (bicyclic) bond motifs is 2. The van der Waals surface area contributed by atoms with E-state index in [9.17, 15) is 14.4 Å². The number of amides is 4. The van der Waals surface area contributed by atoms with Crippen LogP contribution in [0, 0.1) is 0 Å². The maximum absolute atomic E-state index is 13.3. The molecule has 32 heavy (non-hydrogen) atoms. The number of imide groups is 1. The summed E-state index contributed by atoms with van der Waals surface area (Å²) in [6, 6.07) is 21.0. The molecular formula is C26H25N3O3. The fraction of sp³-hybridized carbons (Fsp3) is 0.269. The molecule has 0 aromatic heterocycles. The number of nitrogens with zero attached hydrogens (tertiary/aromatic N) is 1. The van der Waals surface area contributed by atoms with Crippen molar-refractivity contribution < 1.29 is 14.4 Å². The van der Waals surface area contributed by atoms with Crippen LogP contribution >= 0.6 is 0 Å². The van der Waals surface area contributed by atoms with Gasteiger partial charge in [0.25, 0.3) is 5.91 Å². The van der Waals surface area contributed by atoms with E-state index in [0.29, 0.717) is 5.56 Å². The van der Waals surface area contributed by atoms with Gasteiger partial charge < -0.3 is 10.6 Å². The third-order valence-corrected chi connectivity index (χ3v) is 6.61. The van der Waals surface area contributed by atoms with Crippen molar-refractivity contribution in [3.8, 4) is 0 Å². The monoisotopic (exact) mass is 427 g/mol. The minimum absolute atomic E-state index is 0.0971. The topological polar surface area (TPSA) is 78.5 Å².